The van der Waals surface area contributed by atoms with Crippen molar-refractivity contribution in [3.05, 3.63) is 0 Å². The Bertz CT molecular complexity index is 349. The first-order valence-corrected chi connectivity index (χ1v) is 6.07. The lowest BCUT2D eigenvalue weighted by atomic mass is 9.97. The van der Waals surface area contributed by atoms with Crippen LogP contribution in [-0.2, 0) is 19.1 Å². The number of hydrogen-bond acceptors (Lipinski definition) is 8. The number of esters is 1. The second kappa shape index (κ2) is 7.50. The van der Waals surface area contributed by atoms with E-state index in [2.05, 4.69) is 10.1 Å². The van der Waals surface area contributed by atoms with Gasteiger partial charge in [-0.3, -0.25) is 9.59 Å². The lowest BCUT2D eigenvalue weighted by molar-refractivity contribution is -0.253. The van der Waals surface area contributed by atoms with E-state index < -0.39 is 49.1 Å². The predicted molar refractivity (Wildman–Crippen MR) is 63.2 cm³/mol. The molecule has 5 atom stereocenters. The standard InChI is InChI=1S/C11H19NO8/c1-19-7(15)3-2-6(14)12-8-10(17)9(16)5(4-13)20-11(8)18/h5,8-11,13,16-18H,2-4H2,1H3,(H,12,14)/t5-,8?,9?,10-,11?/m1/s1. The summed E-state index contributed by atoms with van der Waals surface area (Å²) in [4.78, 5) is 22.4. The molecular formula is C11H19NO8. The van der Waals surface area contributed by atoms with Crippen molar-refractivity contribution in [2.75, 3.05) is 13.7 Å². The highest BCUT2D eigenvalue weighted by molar-refractivity contribution is 5.81. The van der Waals surface area contributed by atoms with Gasteiger partial charge in [-0.05, 0) is 0 Å². The fourth-order valence-corrected chi connectivity index (χ4v) is 1.83. The predicted octanol–water partition coefficient (Wildman–Crippen LogP) is -3.14. The minimum Gasteiger partial charge on any atom is -0.469 e. The number of amides is 1. The Morgan fingerprint density at radius 2 is 1.85 bits per heavy atom. The van der Waals surface area contributed by atoms with E-state index in [9.17, 15) is 24.9 Å². The molecule has 0 radical (unpaired) electrons. The molecule has 1 amide bonds. The molecule has 0 saturated carbocycles. The molecule has 0 bridgehead atoms. The van der Waals surface area contributed by atoms with E-state index in [1.807, 2.05) is 0 Å². The van der Waals surface area contributed by atoms with Crippen molar-refractivity contribution < 1.29 is 39.5 Å². The SMILES string of the molecule is COC(=O)CCC(=O)NC1C(O)O[C@H](CO)C(O)[C@@H]1O. The van der Waals surface area contributed by atoms with Crippen molar-refractivity contribution in [3.8, 4) is 0 Å². The van der Waals surface area contributed by atoms with Crippen LogP contribution in [0.3, 0.4) is 0 Å². The van der Waals surface area contributed by atoms with Crippen LogP contribution in [0.5, 0.6) is 0 Å². The first-order valence-electron chi connectivity index (χ1n) is 6.07. The van der Waals surface area contributed by atoms with Crippen LogP contribution in [0.15, 0.2) is 0 Å². The molecule has 1 aliphatic heterocycles. The average molecular weight is 293 g/mol. The lowest BCUT2D eigenvalue weighted by Crippen LogP contribution is -2.64. The fourth-order valence-electron chi connectivity index (χ4n) is 1.83. The monoisotopic (exact) mass is 293 g/mol. The zero-order chi connectivity index (χ0) is 15.3. The third-order valence-electron chi connectivity index (χ3n) is 3.01. The van der Waals surface area contributed by atoms with Crippen LogP contribution in [0.25, 0.3) is 0 Å². The Morgan fingerprint density at radius 3 is 2.40 bits per heavy atom. The average Bonchev–Trinajstić information content (AvgIpc) is 2.44. The molecule has 0 aromatic rings. The van der Waals surface area contributed by atoms with E-state index >= 15 is 0 Å². The molecule has 1 aliphatic rings. The maximum absolute atomic E-state index is 11.6. The van der Waals surface area contributed by atoms with Crippen LogP contribution < -0.4 is 5.32 Å². The molecule has 0 aromatic carbocycles. The van der Waals surface area contributed by atoms with Gasteiger partial charge >= 0.3 is 5.97 Å². The molecule has 9 heteroatoms. The summed E-state index contributed by atoms with van der Waals surface area (Å²) >= 11 is 0. The Hall–Kier alpha value is -1.26. The first-order chi connectivity index (χ1) is 9.40. The molecule has 0 spiro atoms. The fraction of sp³-hybridized carbons (Fsp3) is 0.818. The zero-order valence-electron chi connectivity index (χ0n) is 10.9. The van der Waals surface area contributed by atoms with Crippen molar-refractivity contribution in [3.63, 3.8) is 0 Å². The quantitative estimate of drug-likeness (QED) is 0.334. The Balaban J connectivity index is 2.53. The van der Waals surface area contributed by atoms with Gasteiger partial charge in [-0.2, -0.15) is 0 Å². The number of ether oxygens (including phenoxy) is 2. The van der Waals surface area contributed by atoms with Gasteiger partial charge < -0.3 is 35.2 Å². The van der Waals surface area contributed by atoms with Gasteiger partial charge in [-0.1, -0.05) is 0 Å². The number of carbonyl (C=O) groups is 2. The molecule has 20 heavy (non-hydrogen) atoms. The zero-order valence-corrected chi connectivity index (χ0v) is 10.9. The number of nitrogens with one attached hydrogen (secondary N) is 1. The van der Waals surface area contributed by atoms with Crippen molar-refractivity contribution >= 4 is 11.9 Å². The number of rotatable bonds is 5. The molecule has 1 fully saturated rings. The van der Waals surface area contributed by atoms with E-state index in [0.717, 1.165) is 0 Å². The topological polar surface area (TPSA) is 146 Å². The molecule has 1 heterocycles. The van der Waals surface area contributed by atoms with Gasteiger partial charge in [0.2, 0.25) is 5.91 Å². The number of methoxy groups -OCH3 is 1. The van der Waals surface area contributed by atoms with Crippen LogP contribution in [0, 0.1) is 0 Å². The normalized spacial score (nSPS) is 33.5. The maximum atomic E-state index is 11.6. The number of carbonyl (C=O) groups excluding carboxylic acids is 2. The highest BCUT2D eigenvalue weighted by Crippen LogP contribution is 2.19. The van der Waals surface area contributed by atoms with Crippen molar-refractivity contribution in [2.24, 2.45) is 0 Å². The van der Waals surface area contributed by atoms with E-state index in [-0.39, 0.29) is 12.8 Å². The first kappa shape index (κ1) is 16.8. The summed E-state index contributed by atoms with van der Waals surface area (Å²) in [6.07, 6.45) is -6.00. The molecule has 1 rings (SSSR count). The molecule has 5 N–H and O–H groups in total. The number of hydrogen-bond donors (Lipinski definition) is 5. The second-order valence-corrected chi connectivity index (χ2v) is 4.40. The smallest absolute Gasteiger partial charge is 0.306 e. The van der Waals surface area contributed by atoms with Gasteiger partial charge in [0, 0.05) is 6.42 Å². The summed E-state index contributed by atoms with van der Waals surface area (Å²) in [6.45, 7) is -0.585. The summed E-state index contributed by atoms with van der Waals surface area (Å²) in [5.41, 5.74) is 0. The maximum Gasteiger partial charge on any atom is 0.306 e. The lowest BCUT2D eigenvalue weighted by Gasteiger charge is -2.40. The highest BCUT2D eigenvalue weighted by Gasteiger charge is 2.44. The van der Waals surface area contributed by atoms with Crippen LogP contribution in [-0.4, -0.2) is 76.7 Å². The Kier molecular flexibility index (Phi) is 6.30. The minimum atomic E-state index is -1.58. The molecule has 0 aromatic heterocycles. The van der Waals surface area contributed by atoms with Gasteiger partial charge in [-0.15, -0.1) is 0 Å². The van der Waals surface area contributed by atoms with Crippen LogP contribution >= 0.6 is 0 Å². The van der Waals surface area contributed by atoms with Gasteiger partial charge in [0.05, 0.1) is 20.1 Å². The summed E-state index contributed by atoms with van der Waals surface area (Å²) in [6, 6.07) is -1.25. The van der Waals surface area contributed by atoms with E-state index in [4.69, 9.17) is 9.84 Å². The van der Waals surface area contributed by atoms with E-state index in [0.29, 0.717) is 0 Å². The van der Waals surface area contributed by atoms with Crippen LogP contribution in [0.1, 0.15) is 12.8 Å². The van der Waals surface area contributed by atoms with Gasteiger partial charge in [0.25, 0.3) is 0 Å². The molecule has 0 aliphatic carbocycles. The van der Waals surface area contributed by atoms with Crippen LogP contribution in [0.2, 0.25) is 0 Å². The van der Waals surface area contributed by atoms with Gasteiger partial charge in [0.1, 0.15) is 24.4 Å². The largest absolute Gasteiger partial charge is 0.469 e. The van der Waals surface area contributed by atoms with Crippen molar-refractivity contribution in [1.82, 2.24) is 5.32 Å². The Morgan fingerprint density at radius 1 is 1.20 bits per heavy atom. The molecule has 9 nitrogen and oxygen atoms in total. The number of aliphatic hydroxyl groups excluding tert-OH is 4. The summed E-state index contributed by atoms with van der Waals surface area (Å²) in [7, 11) is 1.19. The summed E-state index contributed by atoms with van der Waals surface area (Å²) in [5, 5.41) is 40.2. The summed E-state index contributed by atoms with van der Waals surface area (Å²) in [5.74, 6) is -1.18. The van der Waals surface area contributed by atoms with Crippen molar-refractivity contribution in [2.45, 2.75) is 43.5 Å². The molecule has 116 valence electrons. The molecular weight excluding hydrogens is 274 g/mol. The van der Waals surface area contributed by atoms with Gasteiger partial charge in [0.15, 0.2) is 6.29 Å². The third-order valence-corrected chi connectivity index (χ3v) is 3.01. The minimum absolute atomic E-state index is 0.149. The van der Waals surface area contributed by atoms with Crippen LogP contribution in [0.4, 0.5) is 0 Å². The molecule has 1 saturated heterocycles. The van der Waals surface area contributed by atoms with E-state index in [1.165, 1.54) is 7.11 Å². The summed E-state index contributed by atoms with van der Waals surface area (Å²) < 4.78 is 9.24. The van der Waals surface area contributed by atoms with Crippen molar-refractivity contribution in [1.29, 1.82) is 0 Å². The Labute approximate surface area is 115 Å². The highest BCUT2D eigenvalue weighted by atomic mass is 16.6. The van der Waals surface area contributed by atoms with E-state index in [1.54, 1.807) is 0 Å². The second-order valence-electron chi connectivity index (χ2n) is 4.40. The number of aliphatic hydroxyl groups is 4. The third kappa shape index (κ3) is 4.12. The molecule has 3 unspecified atom stereocenters. The van der Waals surface area contributed by atoms with Gasteiger partial charge in [-0.25, -0.2) is 0 Å².